The topological polar surface area (TPSA) is 55.1 Å². The Hall–Kier alpha value is -1.42. The maximum absolute atomic E-state index is 13.3. The molecule has 1 unspecified atom stereocenters. The molecular weight excluding hydrogens is 231 g/mol. The van der Waals surface area contributed by atoms with E-state index >= 15 is 0 Å². The first-order valence-electron chi connectivity index (χ1n) is 6.16. The smallest absolute Gasteiger partial charge is 0.227 e. The van der Waals surface area contributed by atoms with E-state index in [1.165, 1.54) is 6.07 Å². The summed E-state index contributed by atoms with van der Waals surface area (Å²) in [6.07, 6.45) is 0.678. The van der Waals surface area contributed by atoms with Crippen molar-refractivity contribution >= 4 is 5.91 Å². The van der Waals surface area contributed by atoms with Gasteiger partial charge < -0.3 is 11.1 Å². The first kappa shape index (κ1) is 14.6. The molecule has 0 aliphatic carbocycles. The van der Waals surface area contributed by atoms with Crippen LogP contribution in [-0.4, -0.2) is 12.5 Å². The van der Waals surface area contributed by atoms with Crippen molar-refractivity contribution in [3.05, 3.63) is 35.1 Å². The van der Waals surface area contributed by atoms with Crippen LogP contribution in [0.5, 0.6) is 0 Å². The zero-order chi connectivity index (χ0) is 13.8. The summed E-state index contributed by atoms with van der Waals surface area (Å²) in [4.78, 5) is 12.0. The molecule has 18 heavy (non-hydrogen) atoms. The van der Waals surface area contributed by atoms with Crippen LogP contribution < -0.4 is 11.1 Å². The van der Waals surface area contributed by atoms with E-state index in [4.69, 9.17) is 5.73 Å². The zero-order valence-electron chi connectivity index (χ0n) is 11.2. The van der Waals surface area contributed by atoms with Gasteiger partial charge in [-0.05, 0) is 37.5 Å². The Morgan fingerprint density at radius 2 is 2.17 bits per heavy atom. The Kier molecular flexibility index (Phi) is 4.84. The lowest BCUT2D eigenvalue weighted by atomic mass is 9.86. The van der Waals surface area contributed by atoms with Gasteiger partial charge in [-0.3, -0.25) is 4.79 Å². The summed E-state index contributed by atoms with van der Waals surface area (Å²) in [5.74, 6) is -0.340. The molecule has 0 spiro atoms. The van der Waals surface area contributed by atoms with Crippen LogP contribution in [0, 0.1) is 18.2 Å². The minimum Gasteiger partial charge on any atom is -0.352 e. The van der Waals surface area contributed by atoms with Gasteiger partial charge in [-0.15, -0.1) is 0 Å². The molecule has 0 bridgehead atoms. The first-order valence-corrected chi connectivity index (χ1v) is 6.16. The van der Waals surface area contributed by atoms with Crippen molar-refractivity contribution < 1.29 is 9.18 Å². The summed E-state index contributed by atoms with van der Waals surface area (Å²) >= 11 is 0. The molecule has 0 aliphatic heterocycles. The Morgan fingerprint density at radius 3 is 2.67 bits per heavy atom. The molecular formula is C14H21FN2O. The molecule has 1 aromatic rings. The number of amides is 1. The lowest BCUT2D eigenvalue weighted by Crippen LogP contribution is -2.43. The maximum atomic E-state index is 13.3. The summed E-state index contributed by atoms with van der Waals surface area (Å²) in [7, 11) is 0. The van der Waals surface area contributed by atoms with Crippen molar-refractivity contribution in [1.82, 2.24) is 5.32 Å². The number of carbonyl (C=O) groups excluding carboxylic acids is 1. The van der Waals surface area contributed by atoms with Gasteiger partial charge in [0.05, 0.1) is 5.41 Å². The van der Waals surface area contributed by atoms with E-state index in [1.54, 1.807) is 13.0 Å². The fourth-order valence-electron chi connectivity index (χ4n) is 1.54. The zero-order valence-corrected chi connectivity index (χ0v) is 11.2. The Labute approximate surface area is 108 Å². The van der Waals surface area contributed by atoms with Crippen molar-refractivity contribution in [1.29, 1.82) is 0 Å². The first-order chi connectivity index (χ1) is 8.42. The van der Waals surface area contributed by atoms with Crippen LogP contribution in [0.15, 0.2) is 18.2 Å². The molecule has 100 valence electrons. The monoisotopic (exact) mass is 252 g/mol. The second-order valence-electron chi connectivity index (χ2n) is 4.88. The second kappa shape index (κ2) is 5.96. The molecule has 3 nitrogen and oxygen atoms in total. The van der Waals surface area contributed by atoms with E-state index in [-0.39, 0.29) is 11.7 Å². The van der Waals surface area contributed by atoms with Gasteiger partial charge in [-0.1, -0.05) is 19.1 Å². The lowest BCUT2D eigenvalue weighted by Gasteiger charge is -2.25. The van der Waals surface area contributed by atoms with Gasteiger partial charge in [0.1, 0.15) is 5.82 Å². The van der Waals surface area contributed by atoms with E-state index in [9.17, 15) is 9.18 Å². The molecule has 0 fully saturated rings. The van der Waals surface area contributed by atoms with E-state index in [0.717, 1.165) is 5.56 Å². The average molecular weight is 252 g/mol. The normalized spacial score (nSPS) is 14.1. The number of aryl methyl sites for hydroxylation is 1. The van der Waals surface area contributed by atoms with E-state index in [2.05, 4.69) is 5.32 Å². The molecule has 1 rings (SSSR count). The fraction of sp³-hybridized carbons (Fsp3) is 0.500. The minimum atomic E-state index is -0.552. The fourth-order valence-corrected chi connectivity index (χ4v) is 1.54. The van der Waals surface area contributed by atoms with Gasteiger partial charge >= 0.3 is 0 Å². The van der Waals surface area contributed by atoms with Crippen molar-refractivity contribution in [3.63, 3.8) is 0 Å². The molecule has 4 heteroatoms. The van der Waals surface area contributed by atoms with Crippen molar-refractivity contribution in [2.45, 2.75) is 33.7 Å². The third kappa shape index (κ3) is 3.29. The van der Waals surface area contributed by atoms with Crippen LogP contribution in [0.3, 0.4) is 0 Å². The summed E-state index contributed by atoms with van der Waals surface area (Å²) in [5.41, 5.74) is 6.41. The van der Waals surface area contributed by atoms with Gasteiger partial charge in [0.25, 0.3) is 0 Å². The molecule has 1 aromatic carbocycles. The largest absolute Gasteiger partial charge is 0.352 e. The van der Waals surface area contributed by atoms with Crippen molar-refractivity contribution in [2.75, 3.05) is 6.54 Å². The number of nitrogens with one attached hydrogen (secondary N) is 1. The van der Waals surface area contributed by atoms with Gasteiger partial charge in [0, 0.05) is 13.1 Å². The number of rotatable bonds is 5. The number of benzene rings is 1. The molecule has 1 amide bonds. The Morgan fingerprint density at radius 1 is 1.50 bits per heavy atom. The molecule has 0 radical (unpaired) electrons. The Bertz CT molecular complexity index is 428. The highest BCUT2D eigenvalue weighted by Gasteiger charge is 2.29. The van der Waals surface area contributed by atoms with Crippen molar-refractivity contribution in [3.8, 4) is 0 Å². The van der Waals surface area contributed by atoms with Crippen molar-refractivity contribution in [2.24, 2.45) is 11.1 Å². The van der Waals surface area contributed by atoms with E-state index < -0.39 is 5.41 Å². The number of carbonyl (C=O) groups is 1. The third-order valence-electron chi connectivity index (χ3n) is 3.47. The van der Waals surface area contributed by atoms with Crippen LogP contribution in [0.25, 0.3) is 0 Å². The van der Waals surface area contributed by atoms with Crippen LogP contribution in [0.4, 0.5) is 4.39 Å². The summed E-state index contributed by atoms with van der Waals surface area (Å²) < 4.78 is 13.3. The second-order valence-corrected chi connectivity index (χ2v) is 4.88. The lowest BCUT2D eigenvalue weighted by molar-refractivity contribution is -0.130. The minimum absolute atomic E-state index is 0.0894. The predicted octanol–water partition coefficient (Wildman–Crippen LogP) is 2.13. The van der Waals surface area contributed by atoms with Crippen LogP contribution in [-0.2, 0) is 11.3 Å². The highest BCUT2D eigenvalue weighted by atomic mass is 19.1. The molecule has 0 aromatic heterocycles. The van der Waals surface area contributed by atoms with Crippen LogP contribution in [0.2, 0.25) is 0 Å². The quantitative estimate of drug-likeness (QED) is 0.843. The SMILES string of the molecule is CCC(C)(CN)C(=O)NCc1ccc(C)c(F)c1. The van der Waals surface area contributed by atoms with Gasteiger partial charge in [-0.25, -0.2) is 4.39 Å². The number of hydrogen-bond acceptors (Lipinski definition) is 2. The maximum Gasteiger partial charge on any atom is 0.227 e. The van der Waals surface area contributed by atoms with Gasteiger partial charge in [0.15, 0.2) is 0 Å². The molecule has 0 aliphatic rings. The standard InChI is InChI=1S/C14H21FN2O/c1-4-14(3,9-16)13(18)17-8-11-6-5-10(2)12(15)7-11/h5-7H,4,8-9,16H2,1-3H3,(H,17,18). The predicted molar refractivity (Wildman–Crippen MR) is 70.4 cm³/mol. The van der Waals surface area contributed by atoms with Crippen LogP contribution >= 0.6 is 0 Å². The molecule has 3 N–H and O–H groups in total. The highest BCUT2D eigenvalue weighted by molar-refractivity contribution is 5.82. The average Bonchev–Trinajstić information content (AvgIpc) is 2.38. The molecule has 0 saturated heterocycles. The highest BCUT2D eigenvalue weighted by Crippen LogP contribution is 2.19. The van der Waals surface area contributed by atoms with Gasteiger partial charge in [0.2, 0.25) is 5.91 Å². The summed E-state index contributed by atoms with van der Waals surface area (Å²) in [5, 5.41) is 2.80. The Balaban J connectivity index is 2.65. The molecule has 1 atom stereocenters. The molecule has 0 heterocycles. The van der Waals surface area contributed by atoms with E-state index in [0.29, 0.717) is 25.1 Å². The summed E-state index contributed by atoms with van der Waals surface area (Å²) in [6, 6.07) is 4.96. The van der Waals surface area contributed by atoms with Gasteiger partial charge in [-0.2, -0.15) is 0 Å². The number of halogens is 1. The third-order valence-corrected chi connectivity index (χ3v) is 3.47. The number of nitrogens with two attached hydrogens (primary N) is 1. The number of hydrogen-bond donors (Lipinski definition) is 2. The van der Waals surface area contributed by atoms with E-state index in [1.807, 2.05) is 19.9 Å². The van der Waals surface area contributed by atoms with Crippen LogP contribution in [0.1, 0.15) is 31.4 Å². The summed E-state index contributed by atoms with van der Waals surface area (Å²) in [6.45, 7) is 6.10. The molecule has 0 saturated carbocycles.